The molecule has 0 radical (unpaired) electrons. The van der Waals surface area contributed by atoms with Crippen molar-refractivity contribution in [1.82, 2.24) is 0 Å². The van der Waals surface area contributed by atoms with E-state index < -0.39 is 39.7 Å². The zero-order valence-corrected chi connectivity index (χ0v) is 22.8. The number of hydrogen-bond acceptors (Lipinski definition) is 6. The number of benzene rings is 1. The predicted octanol–water partition coefficient (Wildman–Crippen LogP) is 5.13. The molecule has 1 fully saturated rings. The molecule has 3 aliphatic carbocycles. The van der Waals surface area contributed by atoms with Crippen LogP contribution in [0.25, 0.3) is 5.76 Å². The number of carbonyl (C=O) groups excluding carboxylic acids is 3. The molecule has 3 N–H and O–H groups in total. The Morgan fingerprint density at radius 2 is 1.64 bits per heavy atom. The Morgan fingerprint density at radius 3 is 2.14 bits per heavy atom. The predicted molar refractivity (Wildman–Crippen MR) is 138 cm³/mol. The fourth-order valence-electron chi connectivity index (χ4n) is 8.00. The second-order valence-corrected chi connectivity index (χ2v) is 12.4. The molecule has 0 aromatic heterocycles. The molecular weight excluding hydrogens is 456 g/mol. The molecule has 6 heteroatoms. The molecular formula is C30H38O6. The van der Waals surface area contributed by atoms with Gasteiger partial charge < -0.3 is 15.3 Å². The van der Waals surface area contributed by atoms with E-state index in [2.05, 4.69) is 0 Å². The molecule has 0 saturated heterocycles. The minimum atomic E-state index is -2.50. The van der Waals surface area contributed by atoms with Crippen LogP contribution in [-0.4, -0.2) is 38.3 Å². The fraction of sp³-hybridized carbons (Fsp3) is 0.567. The lowest BCUT2D eigenvalue weighted by atomic mass is 9.42. The quantitative estimate of drug-likeness (QED) is 0.397. The molecule has 0 spiro atoms. The van der Waals surface area contributed by atoms with Gasteiger partial charge in [0, 0.05) is 16.4 Å². The number of ketones is 3. The highest BCUT2D eigenvalue weighted by Crippen LogP contribution is 2.65. The van der Waals surface area contributed by atoms with Gasteiger partial charge in [-0.05, 0) is 68.1 Å². The minimum Gasteiger partial charge on any atom is -0.507 e. The molecule has 0 bridgehead atoms. The van der Waals surface area contributed by atoms with Crippen LogP contribution in [0.1, 0.15) is 90.0 Å². The summed E-state index contributed by atoms with van der Waals surface area (Å²) in [4.78, 5) is 40.7. The summed E-state index contributed by atoms with van der Waals surface area (Å²) in [5.74, 6) is -3.07. The van der Waals surface area contributed by atoms with Gasteiger partial charge in [-0.25, -0.2) is 0 Å². The van der Waals surface area contributed by atoms with E-state index >= 15 is 0 Å². The molecule has 0 amide bonds. The van der Waals surface area contributed by atoms with Crippen LogP contribution in [0.2, 0.25) is 0 Å². The first-order valence-electron chi connectivity index (χ1n) is 12.8. The van der Waals surface area contributed by atoms with Crippen LogP contribution < -0.4 is 0 Å². The standard InChI is InChI=1S/C30H38O6/c1-13(2)18-10-15(5)24(32)21-19(18)11-28(8)12-29(9)22(14(3)4)16(6)20(17(7)31)26(34)30(29,36)27(35)23(28)25(21)33/h10,13-14,22,32-33,36H,11-12H2,1-9H3/t22-,28+,29+,30-/m1/s1. The largest absolute Gasteiger partial charge is 0.507 e. The molecule has 1 saturated carbocycles. The Balaban J connectivity index is 2.10. The van der Waals surface area contributed by atoms with E-state index in [4.69, 9.17) is 0 Å². The van der Waals surface area contributed by atoms with Crippen LogP contribution in [0.3, 0.4) is 0 Å². The van der Waals surface area contributed by atoms with Gasteiger partial charge in [0.2, 0.25) is 11.6 Å². The average molecular weight is 495 g/mol. The maximum absolute atomic E-state index is 14.3. The lowest BCUT2D eigenvalue weighted by molar-refractivity contribution is -0.180. The number of phenolic OH excluding ortho intramolecular Hbond substituents is 1. The van der Waals surface area contributed by atoms with E-state index in [9.17, 15) is 29.7 Å². The van der Waals surface area contributed by atoms with Crippen molar-refractivity contribution in [3.8, 4) is 5.75 Å². The highest BCUT2D eigenvalue weighted by Gasteiger charge is 2.72. The summed E-state index contributed by atoms with van der Waals surface area (Å²) in [6.07, 6.45) is 0.631. The number of aliphatic hydroxyl groups is 2. The third-order valence-corrected chi connectivity index (χ3v) is 9.16. The lowest BCUT2D eigenvalue weighted by Crippen LogP contribution is -2.70. The number of aromatic hydroxyl groups is 1. The van der Waals surface area contributed by atoms with Crippen molar-refractivity contribution in [3.63, 3.8) is 0 Å². The van der Waals surface area contributed by atoms with Gasteiger partial charge in [-0.15, -0.1) is 0 Å². The van der Waals surface area contributed by atoms with Crippen molar-refractivity contribution < 1.29 is 29.7 Å². The van der Waals surface area contributed by atoms with E-state index in [1.165, 1.54) is 6.92 Å². The van der Waals surface area contributed by atoms with Gasteiger partial charge in [-0.3, -0.25) is 14.4 Å². The SMILES string of the molecule is CC(=O)C1=C(C)[C@@H](C(C)C)[C@]2(C)C[C@]3(C)Cc4c(C(C)C)cc(C)c(O)c4C(O)=C3C(=O)[C@]2(O)C1=O. The number of rotatable bonds is 3. The monoisotopic (exact) mass is 494 g/mol. The molecule has 36 heavy (non-hydrogen) atoms. The summed E-state index contributed by atoms with van der Waals surface area (Å²) >= 11 is 0. The van der Waals surface area contributed by atoms with Gasteiger partial charge in [0.1, 0.15) is 11.5 Å². The van der Waals surface area contributed by atoms with Crippen LogP contribution in [0.5, 0.6) is 5.75 Å². The molecule has 194 valence electrons. The average Bonchev–Trinajstić information content (AvgIpc) is 2.72. The Labute approximate surface area is 213 Å². The maximum atomic E-state index is 14.3. The molecule has 4 rings (SSSR count). The number of Topliss-reactive ketones (excluding diaryl/α,β-unsaturated/α-hetero) is 3. The van der Waals surface area contributed by atoms with Crippen LogP contribution >= 0.6 is 0 Å². The molecule has 4 atom stereocenters. The van der Waals surface area contributed by atoms with Crippen LogP contribution in [0.15, 0.2) is 22.8 Å². The summed E-state index contributed by atoms with van der Waals surface area (Å²) in [7, 11) is 0. The van der Waals surface area contributed by atoms with Gasteiger partial charge >= 0.3 is 0 Å². The smallest absolute Gasteiger partial charge is 0.206 e. The van der Waals surface area contributed by atoms with Crippen molar-refractivity contribution in [3.05, 3.63) is 45.0 Å². The molecule has 1 aromatic rings. The van der Waals surface area contributed by atoms with Crippen LogP contribution in [0.4, 0.5) is 0 Å². The molecule has 1 aromatic carbocycles. The van der Waals surface area contributed by atoms with E-state index in [0.717, 1.165) is 11.1 Å². The van der Waals surface area contributed by atoms with Gasteiger partial charge in [0.15, 0.2) is 11.4 Å². The number of aryl methyl sites for hydroxylation is 1. The topological polar surface area (TPSA) is 112 Å². The van der Waals surface area contributed by atoms with Gasteiger partial charge in [0.25, 0.3) is 0 Å². The van der Waals surface area contributed by atoms with E-state index in [0.29, 0.717) is 17.6 Å². The first-order chi connectivity index (χ1) is 16.5. The van der Waals surface area contributed by atoms with E-state index in [-0.39, 0.29) is 46.5 Å². The number of aliphatic hydroxyl groups excluding tert-OH is 1. The van der Waals surface area contributed by atoms with Crippen molar-refractivity contribution in [1.29, 1.82) is 0 Å². The number of allylic oxidation sites excluding steroid dienone is 1. The number of carbonyl (C=O) groups is 3. The molecule has 0 heterocycles. The third kappa shape index (κ3) is 3.03. The molecule has 0 unspecified atom stereocenters. The molecule has 6 nitrogen and oxygen atoms in total. The number of fused-ring (bicyclic) bond motifs is 3. The van der Waals surface area contributed by atoms with Crippen LogP contribution in [0, 0.1) is 29.6 Å². The number of phenols is 1. The van der Waals surface area contributed by atoms with Crippen molar-refractivity contribution in [2.24, 2.45) is 22.7 Å². The van der Waals surface area contributed by atoms with Gasteiger partial charge in [-0.2, -0.15) is 0 Å². The second kappa shape index (κ2) is 7.88. The summed E-state index contributed by atoms with van der Waals surface area (Å²) in [5.41, 5.74) is -1.58. The maximum Gasteiger partial charge on any atom is 0.206 e. The molecule has 0 aliphatic heterocycles. The number of hydrogen-bond donors (Lipinski definition) is 3. The van der Waals surface area contributed by atoms with Crippen molar-refractivity contribution >= 4 is 23.1 Å². The fourth-order valence-corrected chi connectivity index (χ4v) is 8.00. The van der Waals surface area contributed by atoms with Crippen molar-refractivity contribution in [2.45, 2.75) is 86.7 Å². The molecule has 3 aliphatic rings. The third-order valence-electron chi connectivity index (χ3n) is 9.16. The first-order valence-corrected chi connectivity index (χ1v) is 12.8. The minimum absolute atomic E-state index is 0.0381. The zero-order valence-electron chi connectivity index (χ0n) is 22.8. The lowest BCUT2D eigenvalue weighted by Gasteiger charge is -2.60. The Kier molecular flexibility index (Phi) is 5.77. The summed E-state index contributed by atoms with van der Waals surface area (Å²) in [6.45, 7) is 16.5. The van der Waals surface area contributed by atoms with E-state index in [1.54, 1.807) is 20.8 Å². The highest BCUT2D eigenvalue weighted by atomic mass is 16.3. The normalized spacial score (nSPS) is 32.2. The van der Waals surface area contributed by atoms with E-state index in [1.807, 2.05) is 40.7 Å². The highest BCUT2D eigenvalue weighted by molar-refractivity contribution is 6.33. The summed E-state index contributed by atoms with van der Waals surface area (Å²) in [6, 6.07) is 1.93. The Morgan fingerprint density at radius 1 is 1.06 bits per heavy atom. The second-order valence-electron chi connectivity index (χ2n) is 12.4. The Bertz CT molecular complexity index is 1290. The van der Waals surface area contributed by atoms with Crippen LogP contribution in [-0.2, 0) is 20.8 Å². The summed E-state index contributed by atoms with van der Waals surface area (Å²) < 4.78 is 0. The van der Waals surface area contributed by atoms with Gasteiger partial charge in [-0.1, -0.05) is 53.2 Å². The zero-order chi connectivity index (χ0) is 27.3. The first kappa shape index (κ1) is 26.3. The summed E-state index contributed by atoms with van der Waals surface area (Å²) in [5, 5.41) is 34.7. The Hall–Kier alpha value is -2.73. The van der Waals surface area contributed by atoms with Crippen molar-refractivity contribution in [2.75, 3.05) is 0 Å². The van der Waals surface area contributed by atoms with Gasteiger partial charge in [0.05, 0.1) is 11.1 Å².